The summed E-state index contributed by atoms with van der Waals surface area (Å²) in [5.41, 5.74) is 2.77. The van der Waals surface area contributed by atoms with Crippen molar-refractivity contribution in [1.29, 1.82) is 0 Å². The minimum atomic E-state index is -0.399. The van der Waals surface area contributed by atoms with Gasteiger partial charge in [0.2, 0.25) is 5.91 Å². The standard InChI is InChI=1S/C15H26N4O2/c1-11-13(12(2)19(3)18-11)9-17-14(20)15(10-21-4)5-7-16-8-6-15/h16H,5-10H2,1-4H3,(H,17,20). The Kier molecular flexibility index (Phi) is 5.00. The quantitative estimate of drug-likeness (QED) is 0.837. The molecular weight excluding hydrogens is 268 g/mol. The first-order valence-corrected chi connectivity index (χ1v) is 7.47. The molecule has 6 nitrogen and oxygen atoms in total. The maximum absolute atomic E-state index is 12.7. The van der Waals surface area contributed by atoms with Gasteiger partial charge in [-0.2, -0.15) is 5.10 Å². The summed E-state index contributed by atoms with van der Waals surface area (Å²) in [6.07, 6.45) is 1.63. The van der Waals surface area contributed by atoms with Crippen LogP contribution in [0.15, 0.2) is 0 Å². The summed E-state index contributed by atoms with van der Waals surface area (Å²) in [7, 11) is 3.58. The molecule has 1 fully saturated rings. The Bertz CT molecular complexity index is 499. The third-order valence-electron chi connectivity index (χ3n) is 4.55. The van der Waals surface area contributed by atoms with Gasteiger partial charge in [-0.1, -0.05) is 0 Å². The molecule has 0 unspecified atom stereocenters. The van der Waals surface area contributed by atoms with Crippen LogP contribution < -0.4 is 10.6 Å². The van der Waals surface area contributed by atoms with Crippen molar-refractivity contribution in [3.05, 3.63) is 17.0 Å². The molecule has 0 radical (unpaired) electrons. The lowest BCUT2D eigenvalue weighted by atomic mass is 9.78. The van der Waals surface area contributed by atoms with Crippen molar-refractivity contribution in [2.24, 2.45) is 12.5 Å². The Labute approximate surface area is 126 Å². The van der Waals surface area contributed by atoms with Crippen molar-refractivity contribution in [3.8, 4) is 0 Å². The normalized spacial score (nSPS) is 17.7. The number of piperidine rings is 1. The fraction of sp³-hybridized carbons (Fsp3) is 0.733. The molecule has 2 heterocycles. The van der Waals surface area contributed by atoms with E-state index in [0.717, 1.165) is 42.9 Å². The summed E-state index contributed by atoms with van der Waals surface area (Å²) in [5, 5.41) is 10.8. The van der Waals surface area contributed by atoms with Crippen molar-refractivity contribution in [3.63, 3.8) is 0 Å². The second-order valence-corrected chi connectivity index (χ2v) is 5.92. The van der Waals surface area contributed by atoms with Crippen molar-refractivity contribution in [2.75, 3.05) is 26.8 Å². The van der Waals surface area contributed by atoms with Gasteiger partial charge in [-0.3, -0.25) is 9.48 Å². The van der Waals surface area contributed by atoms with Gasteiger partial charge in [0.25, 0.3) is 0 Å². The number of carbonyl (C=O) groups is 1. The Morgan fingerprint density at radius 3 is 2.62 bits per heavy atom. The molecule has 2 rings (SSSR count). The van der Waals surface area contributed by atoms with Crippen LogP contribution in [0.5, 0.6) is 0 Å². The molecule has 6 heteroatoms. The first-order valence-electron chi connectivity index (χ1n) is 7.47. The number of rotatable bonds is 5. The number of aromatic nitrogens is 2. The molecule has 21 heavy (non-hydrogen) atoms. The monoisotopic (exact) mass is 294 g/mol. The number of hydrogen-bond acceptors (Lipinski definition) is 4. The molecule has 0 atom stereocenters. The highest BCUT2D eigenvalue weighted by atomic mass is 16.5. The predicted molar refractivity (Wildman–Crippen MR) is 80.9 cm³/mol. The van der Waals surface area contributed by atoms with E-state index in [9.17, 15) is 4.79 Å². The molecule has 1 aliphatic rings. The van der Waals surface area contributed by atoms with Crippen molar-refractivity contribution < 1.29 is 9.53 Å². The van der Waals surface area contributed by atoms with Crippen LogP contribution in [0.4, 0.5) is 0 Å². The van der Waals surface area contributed by atoms with Crippen LogP contribution in [0.2, 0.25) is 0 Å². The van der Waals surface area contributed by atoms with Crippen LogP contribution >= 0.6 is 0 Å². The SMILES string of the molecule is COCC1(C(=O)NCc2c(C)nn(C)c2C)CCNCC1. The third-order valence-corrected chi connectivity index (χ3v) is 4.55. The highest BCUT2D eigenvalue weighted by molar-refractivity contribution is 5.83. The van der Waals surface area contributed by atoms with Crippen molar-refractivity contribution in [1.82, 2.24) is 20.4 Å². The Morgan fingerprint density at radius 1 is 1.43 bits per heavy atom. The lowest BCUT2D eigenvalue weighted by Gasteiger charge is -2.35. The largest absolute Gasteiger partial charge is 0.384 e. The molecule has 1 aromatic heterocycles. The number of carbonyl (C=O) groups excluding carboxylic acids is 1. The van der Waals surface area contributed by atoms with E-state index in [1.165, 1.54) is 0 Å². The van der Waals surface area contributed by atoms with Crippen LogP contribution in [-0.2, 0) is 23.1 Å². The van der Waals surface area contributed by atoms with Crippen LogP contribution in [0.25, 0.3) is 0 Å². The topological polar surface area (TPSA) is 68.2 Å². The summed E-state index contributed by atoms with van der Waals surface area (Å²) in [6.45, 7) is 6.74. The number of hydrogen-bond donors (Lipinski definition) is 2. The molecule has 0 saturated carbocycles. The van der Waals surface area contributed by atoms with Gasteiger partial charge in [-0.05, 0) is 39.8 Å². The third kappa shape index (κ3) is 3.27. The van der Waals surface area contributed by atoms with E-state index in [1.807, 2.05) is 25.6 Å². The number of amides is 1. The fourth-order valence-electron chi connectivity index (χ4n) is 3.05. The number of methoxy groups -OCH3 is 1. The van der Waals surface area contributed by atoms with Gasteiger partial charge in [0.15, 0.2) is 0 Å². The minimum Gasteiger partial charge on any atom is -0.384 e. The first kappa shape index (κ1) is 16.0. The highest BCUT2D eigenvalue weighted by Crippen LogP contribution is 2.29. The van der Waals surface area contributed by atoms with Gasteiger partial charge in [0.1, 0.15) is 0 Å². The van der Waals surface area contributed by atoms with Gasteiger partial charge in [-0.25, -0.2) is 0 Å². The van der Waals surface area contributed by atoms with Gasteiger partial charge < -0.3 is 15.4 Å². The van der Waals surface area contributed by atoms with E-state index in [0.29, 0.717) is 13.2 Å². The summed E-state index contributed by atoms with van der Waals surface area (Å²) in [4.78, 5) is 12.7. The van der Waals surface area contributed by atoms with E-state index in [2.05, 4.69) is 15.7 Å². The molecule has 0 spiro atoms. The fourth-order valence-corrected chi connectivity index (χ4v) is 3.05. The summed E-state index contributed by atoms with van der Waals surface area (Å²) >= 11 is 0. The molecule has 0 aromatic carbocycles. The molecule has 1 aromatic rings. The Morgan fingerprint density at radius 2 is 2.10 bits per heavy atom. The van der Waals surface area contributed by atoms with E-state index in [4.69, 9.17) is 4.74 Å². The summed E-state index contributed by atoms with van der Waals surface area (Å²) in [5.74, 6) is 0.0912. The summed E-state index contributed by atoms with van der Waals surface area (Å²) < 4.78 is 7.16. The minimum absolute atomic E-state index is 0.0912. The predicted octanol–water partition coefficient (Wildman–Crippen LogP) is 0.669. The van der Waals surface area contributed by atoms with Gasteiger partial charge in [-0.15, -0.1) is 0 Å². The maximum atomic E-state index is 12.7. The molecule has 2 N–H and O–H groups in total. The molecule has 1 saturated heterocycles. The van der Waals surface area contributed by atoms with E-state index < -0.39 is 5.41 Å². The number of ether oxygens (including phenoxy) is 1. The van der Waals surface area contributed by atoms with Crippen LogP contribution in [0, 0.1) is 19.3 Å². The molecule has 1 amide bonds. The highest BCUT2D eigenvalue weighted by Gasteiger charge is 2.39. The second kappa shape index (κ2) is 6.58. The van der Waals surface area contributed by atoms with Crippen LogP contribution in [0.1, 0.15) is 29.8 Å². The number of nitrogens with zero attached hydrogens (tertiary/aromatic N) is 2. The second-order valence-electron chi connectivity index (χ2n) is 5.92. The number of aryl methyl sites for hydroxylation is 2. The molecule has 0 bridgehead atoms. The summed E-state index contributed by atoms with van der Waals surface area (Å²) in [6, 6.07) is 0. The zero-order valence-electron chi connectivity index (χ0n) is 13.5. The first-order chi connectivity index (χ1) is 10.00. The zero-order chi connectivity index (χ0) is 15.5. The van der Waals surface area contributed by atoms with Gasteiger partial charge >= 0.3 is 0 Å². The lowest BCUT2D eigenvalue weighted by molar-refractivity contribution is -0.136. The number of nitrogens with one attached hydrogen (secondary N) is 2. The van der Waals surface area contributed by atoms with E-state index in [1.54, 1.807) is 7.11 Å². The molecule has 118 valence electrons. The molecule has 0 aliphatic carbocycles. The Balaban J connectivity index is 2.05. The Hall–Kier alpha value is -1.40. The average molecular weight is 294 g/mol. The van der Waals surface area contributed by atoms with Gasteiger partial charge in [0, 0.05) is 32.0 Å². The van der Waals surface area contributed by atoms with Gasteiger partial charge in [0.05, 0.1) is 17.7 Å². The zero-order valence-corrected chi connectivity index (χ0v) is 13.5. The van der Waals surface area contributed by atoms with Crippen molar-refractivity contribution in [2.45, 2.75) is 33.2 Å². The van der Waals surface area contributed by atoms with E-state index >= 15 is 0 Å². The van der Waals surface area contributed by atoms with Crippen molar-refractivity contribution >= 4 is 5.91 Å². The van der Waals surface area contributed by atoms with E-state index in [-0.39, 0.29) is 5.91 Å². The molecular formula is C15H26N4O2. The van der Waals surface area contributed by atoms with Crippen LogP contribution in [-0.4, -0.2) is 42.5 Å². The molecule has 1 aliphatic heterocycles. The maximum Gasteiger partial charge on any atom is 0.228 e. The van der Waals surface area contributed by atoms with Crippen LogP contribution in [0.3, 0.4) is 0 Å². The smallest absolute Gasteiger partial charge is 0.228 e. The average Bonchev–Trinajstić information content (AvgIpc) is 2.71. The lowest BCUT2D eigenvalue weighted by Crippen LogP contribution is -2.50.